The molecule has 1 aliphatic heterocycles. The minimum absolute atomic E-state index is 0.738. The lowest BCUT2D eigenvalue weighted by Crippen LogP contribution is -2.46. The number of rotatable bonds is 8. The van der Waals surface area contributed by atoms with E-state index >= 15 is 0 Å². The molecule has 0 unspecified atom stereocenters. The van der Waals surface area contributed by atoms with Crippen LogP contribution in [-0.4, -0.2) is 50.2 Å². The Bertz CT molecular complexity index is 964. The molecule has 1 saturated carbocycles. The number of aromatic nitrogens is 3. The Morgan fingerprint density at radius 3 is 2.52 bits per heavy atom. The molecule has 1 aromatic carbocycles. The molecular formula is C28H37N5. The third kappa shape index (κ3) is 6.10. The summed E-state index contributed by atoms with van der Waals surface area (Å²) in [7, 11) is 0. The number of hydrogen-bond acceptors (Lipinski definition) is 4. The van der Waals surface area contributed by atoms with Gasteiger partial charge in [0, 0.05) is 56.4 Å². The van der Waals surface area contributed by atoms with Gasteiger partial charge in [0.05, 0.1) is 11.9 Å². The molecule has 2 aromatic heterocycles. The fraction of sp³-hybridized carbons (Fsp3) is 0.500. The summed E-state index contributed by atoms with van der Waals surface area (Å²) in [5.41, 5.74) is 3.66. The quantitative estimate of drug-likeness (QED) is 0.473. The molecule has 0 N–H and O–H groups in total. The van der Waals surface area contributed by atoms with Gasteiger partial charge in [0.15, 0.2) is 0 Å². The minimum Gasteiger partial charge on any atom is -0.300 e. The van der Waals surface area contributed by atoms with Crippen molar-refractivity contribution in [1.82, 2.24) is 24.6 Å². The molecule has 3 heterocycles. The molecule has 0 amide bonds. The Labute approximate surface area is 198 Å². The monoisotopic (exact) mass is 443 g/mol. The predicted molar refractivity (Wildman–Crippen MR) is 133 cm³/mol. The van der Waals surface area contributed by atoms with Crippen LogP contribution in [0.2, 0.25) is 0 Å². The summed E-state index contributed by atoms with van der Waals surface area (Å²) in [4.78, 5) is 9.79. The second kappa shape index (κ2) is 11.1. The zero-order valence-electron chi connectivity index (χ0n) is 19.7. The first-order chi connectivity index (χ1) is 16.3. The van der Waals surface area contributed by atoms with Crippen LogP contribution >= 0.6 is 0 Å². The van der Waals surface area contributed by atoms with Crippen molar-refractivity contribution in [1.29, 1.82) is 0 Å². The molecule has 174 valence electrons. The maximum Gasteiger partial charge on any atom is 0.0645 e. The van der Waals surface area contributed by atoms with Crippen molar-refractivity contribution in [3.05, 3.63) is 78.4 Å². The Morgan fingerprint density at radius 2 is 1.70 bits per heavy atom. The summed E-state index contributed by atoms with van der Waals surface area (Å²) < 4.78 is 1.99. The number of benzene rings is 1. The summed E-state index contributed by atoms with van der Waals surface area (Å²) in [6.45, 7) is 5.55. The van der Waals surface area contributed by atoms with Crippen LogP contribution in [0.1, 0.15) is 56.1 Å². The number of para-hydroxylation sites is 1. The number of nitrogens with zero attached hydrogens (tertiary/aromatic N) is 5. The highest BCUT2D eigenvalue weighted by Crippen LogP contribution is 2.28. The van der Waals surface area contributed by atoms with Crippen molar-refractivity contribution in [2.45, 2.75) is 64.1 Å². The maximum absolute atomic E-state index is 4.64. The van der Waals surface area contributed by atoms with E-state index in [4.69, 9.17) is 0 Å². The van der Waals surface area contributed by atoms with E-state index in [0.29, 0.717) is 0 Å². The van der Waals surface area contributed by atoms with Crippen LogP contribution in [0.15, 0.2) is 67.3 Å². The average molecular weight is 444 g/mol. The van der Waals surface area contributed by atoms with Gasteiger partial charge in [-0.1, -0.05) is 43.5 Å². The second-order valence-corrected chi connectivity index (χ2v) is 9.95. The van der Waals surface area contributed by atoms with Crippen LogP contribution in [0.3, 0.4) is 0 Å². The first kappa shape index (κ1) is 22.3. The standard InChI is InChI=1S/C28H37N5/c1-3-11-27(12-4-1)32-16-8-10-25(22-32)20-31(19-24-9-7-15-29-17-24)21-26-18-30-33(23-26)28-13-5-2-6-14-28/h2,5-7,9,13-15,17-18,23,25,27H,1,3-4,8,10-12,16,19-22H2/t25-/m0/s1. The lowest BCUT2D eigenvalue weighted by molar-refractivity contribution is 0.0771. The van der Waals surface area contributed by atoms with Crippen LogP contribution in [0, 0.1) is 5.92 Å². The van der Waals surface area contributed by atoms with E-state index < -0.39 is 0 Å². The molecule has 1 saturated heterocycles. The highest BCUT2D eigenvalue weighted by atomic mass is 15.3. The van der Waals surface area contributed by atoms with Crippen molar-refractivity contribution in [2.24, 2.45) is 5.92 Å². The minimum atomic E-state index is 0.738. The normalized spacial score (nSPS) is 20.3. The summed E-state index contributed by atoms with van der Waals surface area (Å²) in [5.74, 6) is 0.738. The van der Waals surface area contributed by atoms with Gasteiger partial charge in [0.25, 0.3) is 0 Å². The van der Waals surface area contributed by atoms with Gasteiger partial charge in [0.1, 0.15) is 0 Å². The van der Waals surface area contributed by atoms with E-state index in [1.165, 1.54) is 69.2 Å². The van der Waals surface area contributed by atoms with Crippen LogP contribution in [0.4, 0.5) is 0 Å². The number of hydrogen-bond donors (Lipinski definition) is 0. The molecule has 33 heavy (non-hydrogen) atoms. The highest BCUT2D eigenvalue weighted by Gasteiger charge is 2.28. The van der Waals surface area contributed by atoms with E-state index in [0.717, 1.165) is 37.3 Å². The van der Waals surface area contributed by atoms with Crippen molar-refractivity contribution >= 4 is 0 Å². The van der Waals surface area contributed by atoms with E-state index in [1.807, 2.05) is 35.4 Å². The van der Waals surface area contributed by atoms with E-state index in [1.54, 1.807) is 0 Å². The molecule has 5 rings (SSSR count). The Kier molecular flexibility index (Phi) is 7.49. The lowest BCUT2D eigenvalue weighted by atomic mass is 9.90. The summed E-state index contributed by atoms with van der Waals surface area (Å²) in [6, 6.07) is 15.5. The first-order valence-electron chi connectivity index (χ1n) is 12.8. The molecule has 5 heteroatoms. The van der Waals surface area contributed by atoms with E-state index in [2.05, 4.69) is 56.4 Å². The summed E-state index contributed by atoms with van der Waals surface area (Å²) in [6.07, 6.45) is 17.9. The van der Waals surface area contributed by atoms with Gasteiger partial charge in [-0.3, -0.25) is 9.88 Å². The fourth-order valence-electron chi connectivity index (χ4n) is 5.75. The molecule has 0 radical (unpaired) electrons. The van der Waals surface area contributed by atoms with Crippen LogP contribution in [-0.2, 0) is 13.1 Å². The van der Waals surface area contributed by atoms with Crippen LogP contribution < -0.4 is 0 Å². The number of pyridine rings is 1. The Morgan fingerprint density at radius 1 is 0.848 bits per heavy atom. The van der Waals surface area contributed by atoms with Crippen molar-refractivity contribution in [3.8, 4) is 5.69 Å². The van der Waals surface area contributed by atoms with E-state index in [9.17, 15) is 0 Å². The second-order valence-electron chi connectivity index (χ2n) is 9.95. The van der Waals surface area contributed by atoms with E-state index in [-0.39, 0.29) is 0 Å². The molecule has 1 aliphatic carbocycles. The molecule has 2 fully saturated rings. The van der Waals surface area contributed by atoms with Crippen molar-refractivity contribution in [2.75, 3.05) is 19.6 Å². The SMILES string of the molecule is c1ccc(-n2cc(CN(Cc3cccnc3)C[C@@H]3CCCN(C4CCCCC4)C3)cn2)cc1. The van der Waals surface area contributed by atoms with Gasteiger partial charge in [-0.2, -0.15) is 5.10 Å². The smallest absolute Gasteiger partial charge is 0.0645 e. The van der Waals surface area contributed by atoms with Gasteiger partial charge < -0.3 is 4.90 Å². The third-order valence-electron chi connectivity index (χ3n) is 7.35. The van der Waals surface area contributed by atoms with Gasteiger partial charge in [0.2, 0.25) is 0 Å². The topological polar surface area (TPSA) is 37.2 Å². The molecule has 0 spiro atoms. The van der Waals surface area contributed by atoms with Crippen molar-refractivity contribution < 1.29 is 0 Å². The summed E-state index contributed by atoms with van der Waals surface area (Å²) >= 11 is 0. The average Bonchev–Trinajstić information content (AvgIpc) is 3.34. The molecule has 3 aromatic rings. The fourth-order valence-corrected chi connectivity index (χ4v) is 5.75. The number of likely N-dealkylation sites (tertiary alicyclic amines) is 1. The first-order valence-corrected chi connectivity index (χ1v) is 12.8. The molecule has 5 nitrogen and oxygen atoms in total. The molecule has 2 aliphatic rings. The Hall–Kier alpha value is -2.50. The lowest BCUT2D eigenvalue weighted by Gasteiger charge is -2.41. The molecule has 0 bridgehead atoms. The summed E-state index contributed by atoms with van der Waals surface area (Å²) in [5, 5.41) is 4.64. The molecular weight excluding hydrogens is 406 g/mol. The van der Waals surface area contributed by atoms with Gasteiger partial charge in [-0.25, -0.2) is 4.68 Å². The highest BCUT2D eigenvalue weighted by molar-refractivity contribution is 5.30. The van der Waals surface area contributed by atoms with Gasteiger partial charge in [-0.15, -0.1) is 0 Å². The Balaban J connectivity index is 1.27. The van der Waals surface area contributed by atoms with Crippen molar-refractivity contribution in [3.63, 3.8) is 0 Å². The largest absolute Gasteiger partial charge is 0.300 e. The maximum atomic E-state index is 4.64. The molecule has 1 atom stereocenters. The predicted octanol–water partition coefficient (Wildman–Crippen LogP) is 5.31. The zero-order chi connectivity index (χ0) is 22.3. The van der Waals surface area contributed by atoms with Crippen LogP contribution in [0.25, 0.3) is 5.69 Å². The van der Waals surface area contributed by atoms with Crippen LogP contribution in [0.5, 0.6) is 0 Å². The third-order valence-corrected chi connectivity index (χ3v) is 7.35. The number of piperidine rings is 1. The zero-order valence-corrected chi connectivity index (χ0v) is 19.7. The van der Waals surface area contributed by atoms with Gasteiger partial charge in [-0.05, 0) is 61.9 Å². The van der Waals surface area contributed by atoms with Gasteiger partial charge >= 0.3 is 0 Å².